The summed E-state index contributed by atoms with van der Waals surface area (Å²) in [6, 6.07) is 15.1. The van der Waals surface area contributed by atoms with E-state index in [1.165, 1.54) is 4.90 Å². The first kappa shape index (κ1) is 20.6. The molecule has 0 spiro atoms. The molecule has 0 unspecified atom stereocenters. The van der Waals surface area contributed by atoms with Crippen LogP contribution in [0.4, 0.5) is 4.79 Å². The van der Waals surface area contributed by atoms with Crippen molar-refractivity contribution in [1.29, 1.82) is 0 Å². The first-order valence-electron chi connectivity index (χ1n) is 10.6. The highest BCUT2D eigenvalue weighted by Crippen LogP contribution is 2.44. The van der Waals surface area contributed by atoms with E-state index in [0.29, 0.717) is 16.4 Å². The van der Waals surface area contributed by atoms with Crippen LogP contribution in [0.3, 0.4) is 0 Å². The predicted molar refractivity (Wildman–Crippen MR) is 120 cm³/mol. The minimum atomic E-state index is -0.501. The van der Waals surface area contributed by atoms with E-state index in [-0.39, 0.29) is 36.9 Å². The van der Waals surface area contributed by atoms with Gasteiger partial charge in [-0.05, 0) is 53.9 Å². The van der Waals surface area contributed by atoms with Crippen molar-refractivity contribution in [2.75, 3.05) is 19.9 Å². The minimum Gasteiger partial charge on any atom is -0.454 e. The lowest BCUT2D eigenvalue weighted by Crippen LogP contribution is -2.50. The van der Waals surface area contributed by atoms with Crippen LogP contribution in [-0.2, 0) is 15.0 Å². The van der Waals surface area contributed by atoms with Crippen molar-refractivity contribution >= 4 is 34.9 Å². The Kier molecular flexibility index (Phi) is 5.38. The maximum Gasteiger partial charge on any atom is 0.293 e. The molecule has 5 rings (SSSR count). The fourth-order valence-electron chi connectivity index (χ4n) is 4.23. The third-order valence-electron chi connectivity index (χ3n) is 6.16. The quantitative estimate of drug-likeness (QED) is 0.676. The van der Waals surface area contributed by atoms with Crippen molar-refractivity contribution in [2.45, 2.75) is 24.7 Å². The Morgan fingerprint density at radius 3 is 2.62 bits per heavy atom. The van der Waals surface area contributed by atoms with Crippen LogP contribution in [0, 0.1) is 0 Å². The first-order valence-corrected chi connectivity index (χ1v) is 11.4. The monoisotopic (exact) mass is 450 g/mol. The number of thioether (sulfide) groups is 1. The summed E-state index contributed by atoms with van der Waals surface area (Å²) in [5, 5.41) is 2.61. The Morgan fingerprint density at radius 1 is 1.09 bits per heavy atom. The third-order valence-corrected chi connectivity index (χ3v) is 7.06. The molecule has 2 aromatic rings. The molecule has 1 aliphatic carbocycles. The summed E-state index contributed by atoms with van der Waals surface area (Å²) < 4.78 is 10.7. The third kappa shape index (κ3) is 3.64. The molecule has 0 aromatic heterocycles. The maximum atomic E-state index is 12.9. The summed E-state index contributed by atoms with van der Waals surface area (Å²) >= 11 is 0.901. The molecule has 32 heavy (non-hydrogen) atoms. The van der Waals surface area contributed by atoms with Gasteiger partial charge in [-0.25, -0.2) is 0 Å². The van der Waals surface area contributed by atoms with Crippen LogP contribution < -0.4 is 14.8 Å². The molecule has 2 fully saturated rings. The fourth-order valence-corrected chi connectivity index (χ4v) is 5.10. The summed E-state index contributed by atoms with van der Waals surface area (Å²) in [5.41, 5.74) is 1.27. The highest BCUT2D eigenvalue weighted by Gasteiger charge is 2.45. The Bertz CT molecular complexity index is 1110. The second-order valence-electron chi connectivity index (χ2n) is 8.00. The average Bonchev–Trinajstić information content (AvgIpc) is 3.33. The van der Waals surface area contributed by atoms with Crippen LogP contribution in [0.15, 0.2) is 53.4 Å². The number of benzene rings is 2. The van der Waals surface area contributed by atoms with Crippen LogP contribution in [0.5, 0.6) is 11.5 Å². The van der Waals surface area contributed by atoms with Crippen molar-refractivity contribution < 1.29 is 23.9 Å². The van der Waals surface area contributed by atoms with Gasteiger partial charge >= 0.3 is 0 Å². The number of carbonyl (C=O) groups excluding carboxylic acids is 3. The Balaban J connectivity index is 1.21. The Morgan fingerprint density at radius 2 is 1.88 bits per heavy atom. The Labute approximate surface area is 189 Å². The SMILES string of the molecule is O=C1S/C(=C\c2ccc3c(c2)OCO3)C(=O)N1CCNC(=O)C1(c2ccccc2)CCC1. The summed E-state index contributed by atoms with van der Waals surface area (Å²) in [6.07, 6.45) is 4.30. The lowest BCUT2D eigenvalue weighted by Gasteiger charge is -2.40. The number of rotatable bonds is 6. The van der Waals surface area contributed by atoms with Gasteiger partial charge in [-0.2, -0.15) is 0 Å². The summed E-state index contributed by atoms with van der Waals surface area (Å²) in [6.45, 7) is 0.537. The van der Waals surface area contributed by atoms with Gasteiger partial charge in [0.25, 0.3) is 11.1 Å². The van der Waals surface area contributed by atoms with Gasteiger partial charge in [-0.15, -0.1) is 0 Å². The van der Waals surface area contributed by atoms with E-state index in [0.717, 1.165) is 42.2 Å². The molecule has 1 saturated heterocycles. The number of nitrogens with one attached hydrogen (secondary N) is 1. The second-order valence-corrected chi connectivity index (χ2v) is 9.00. The van der Waals surface area contributed by atoms with Crippen LogP contribution >= 0.6 is 11.8 Å². The highest BCUT2D eigenvalue weighted by atomic mass is 32.2. The fraction of sp³-hybridized carbons (Fsp3) is 0.292. The zero-order valence-corrected chi connectivity index (χ0v) is 18.2. The number of nitrogens with zero attached hydrogens (tertiary/aromatic N) is 1. The van der Waals surface area contributed by atoms with E-state index >= 15 is 0 Å². The molecule has 0 bridgehead atoms. The van der Waals surface area contributed by atoms with Crippen LogP contribution in [0.25, 0.3) is 6.08 Å². The average molecular weight is 451 g/mol. The second kappa shape index (κ2) is 8.35. The van der Waals surface area contributed by atoms with Gasteiger partial charge in [0.1, 0.15) is 0 Å². The van der Waals surface area contributed by atoms with Gasteiger partial charge in [-0.1, -0.05) is 42.8 Å². The van der Waals surface area contributed by atoms with Crippen molar-refractivity contribution in [2.24, 2.45) is 0 Å². The molecule has 2 heterocycles. The molecule has 1 N–H and O–H groups in total. The van der Waals surface area contributed by atoms with Crippen molar-refractivity contribution in [3.63, 3.8) is 0 Å². The van der Waals surface area contributed by atoms with E-state index in [1.54, 1.807) is 18.2 Å². The lowest BCUT2D eigenvalue weighted by molar-refractivity contribution is -0.130. The lowest BCUT2D eigenvalue weighted by atomic mass is 9.64. The standard InChI is InChI=1S/C24H22N2O5S/c27-21-20(14-16-7-8-18-19(13-16)31-15-30-18)32-23(29)26(21)12-11-25-22(28)24(9-4-10-24)17-5-2-1-3-6-17/h1-3,5-8,13-14H,4,9-12,15H2,(H,25,28)/b20-14-. The number of amides is 3. The zero-order chi connectivity index (χ0) is 22.1. The van der Waals surface area contributed by atoms with Crippen LogP contribution in [-0.4, -0.2) is 41.8 Å². The van der Waals surface area contributed by atoms with E-state index in [9.17, 15) is 14.4 Å². The summed E-state index contributed by atoms with van der Waals surface area (Å²) in [5.74, 6) is 0.876. The van der Waals surface area contributed by atoms with Crippen molar-refractivity contribution in [3.05, 3.63) is 64.6 Å². The van der Waals surface area contributed by atoms with Gasteiger partial charge in [0.05, 0.1) is 10.3 Å². The van der Waals surface area contributed by atoms with Gasteiger partial charge in [0, 0.05) is 13.1 Å². The van der Waals surface area contributed by atoms with Crippen LogP contribution in [0.2, 0.25) is 0 Å². The summed E-state index contributed by atoms with van der Waals surface area (Å²) in [7, 11) is 0. The van der Waals surface area contributed by atoms with E-state index in [1.807, 2.05) is 36.4 Å². The van der Waals surface area contributed by atoms with Crippen molar-refractivity contribution in [3.8, 4) is 11.5 Å². The molecule has 0 atom stereocenters. The molecule has 8 heteroatoms. The maximum absolute atomic E-state index is 12.9. The number of hydrogen-bond acceptors (Lipinski definition) is 6. The summed E-state index contributed by atoms with van der Waals surface area (Å²) in [4.78, 5) is 39.6. The molecule has 1 saturated carbocycles. The predicted octanol–water partition coefficient (Wildman–Crippen LogP) is 3.69. The number of hydrogen-bond donors (Lipinski definition) is 1. The molecule has 2 aliphatic heterocycles. The van der Waals surface area contributed by atoms with E-state index < -0.39 is 5.41 Å². The Hall–Kier alpha value is -3.26. The van der Waals surface area contributed by atoms with E-state index in [2.05, 4.69) is 5.32 Å². The van der Waals surface area contributed by atoms with Crippen molar-refractivity contribution in [1.82, 2.24) is 10.2 Å². The van der Waals surface area contributed by atoms with E-state index in [4.69, 9.17) is 9.47 Å². The molecule has 3 aliphatic rings. The molecular formula is C24H22N2O5S. The molecule has 0 radical (unpaired) electrons. The first-order chi connectivity index (χ1) is 15.6. The smallest absolute Gasteiger partial charge is 0.293 e. The largest absolute Gasteiger partial charge is 0.454 e. The number of imide groups is 1. The van der Waals surface area contributed by atoms with Crippen LogP contribution in [0.1, 0.15) is 30.4 Å². The van der Waals surface area contributed by atoms with Gasteiger partial charge < -0.3 is 14.8 Å². The molecule has 164 valence electrons. The topological polar surface area (TPSA) is 84.9 Å². The zero-order valence-electron chi connectivity index (χ0n) is 17.3. The minimum absolute atomic E-state index is 0.0437. The number of ether oxygens (including phenoxy) is 2. The normalized spacial score (nSPS) is 19.9. The molecule has 3 amide bonds. The van der Waals surface area contributed by atoms with Gasteiger partial charge in [-0.3, -0.25) is 19.3 Å². The molecule has 2 aromatic carbocycles. The van der Waals surface area contributed by atoms with Gasteiger partial charge in [0.15, 0.2) is 11.5 Å². The number of fused-ring (bicyclic) bond motifs is 1. The number of carbonyl (C=O) groups is 3. The highest BCUT2D eigenvalue weighted by molar-refractivity contribution is 8.18. The molecule has 7 nitrogen and oxygen atoms in total. The molecular weight excluding hydrogens is 428 g/mol. The van der Waals surface area contributed by atoms with Gasteiger partial charge in [0.2, 0.25) is 12.7 Å².